The van der Waals surface area contributed by atoms with Gasteiger partial charge in [0.25, 0.3) is 0 Å². The Morgan fingerprint density at radius 2 is 2.04 bits per heavy atom. The third-order valence-electron chi connectivity index (χ3n) is 4.27. The summed E-state index contributed by atoms with van der Waals surface area (Å²) in [4.78, 5) is 11.5. The second-order valence-corrected chi connectivity index (χ2v) is 7.98. The number of rotatable bonds is 3. The topological polar surface area (TPSA) is 79.0 Å². The molecule has 0 saturated heterocycles. The number of aromatic amines is 1. The van der Waals surface area contributed by atoms with E-state index in [9.17, 15) is 21.6 Å². The second-order valence-electron chi connectivity index (χ2n) is 6.01. The zero-order valence-electron chi connectivity index (χ0n) is 13.3. The minimum absolute atomic E-state index is 0.0820. The fourth-order valence-corrected chi connectivity index (χ4v) is 4.40. The number of nitrogens with one attached hydrogen (secondary N) is 1. The minimum atomic E-state index is -4.77. The van der Waals surface area contributed by atoms with Crippen molar-refractivity contribution in [2.45, 2.75) is 6.18 Å². The molecule has 0 fully saturated rings. The number of hydrogen-bond donors (Lipinski definition) is 1. The molecule has 4 rings (SSSR count). The van der Waals surface area contributed by atoms with E-state index in [2.05, 4.69) is 15.0 Å². The van der Waals surface area contributed by atoms with Gasteiger partial charge < -0.3 is 4.98 Å². The predicted molar refractivity (Wildman–Crippen MR) is 90.8 cm³/mol. The summed E-state index contributed by atoms with van der Waals surface area (Å²) in [5, 5.41) is 1.61. The highest BCUT2D eigenvalue weighted by atomic mass is 32.2. The first-order valence-corrected chi connectivity index (χ1v) is 9.30. The Bertz CT molecular complexity index is 1140. The monoisotopic (exact) mass is 382 g/mol. The molecule has 10 heteroatoms. The Kier molecular flexibility index (Phi) is 3.77. The Labute approximate surface area is 146 Å². The Balaban J connectivity index is 1.73. The van der Waals surface area contributed by atoms with Crippen LogP contribution in [0.3, 0.4) is 0 Å². The molecule has 0 atom stereocenters. The quantitative estimate of drug-likeness (QED) is 0.756. The zero-order chi connectivity index (χ0) is 18.5. The zero-order valence-corrected chi connectivity index (χ0v) is 14.1. The standard InChI is InChI=1S/C16H13F3N4O2S/c17-16(18,19)9-26(24,25)23-6-3-10(8-23)11-1-4-20-13-7-22-15-12(14(11)13)2-5-21-15/h1-5,7,20H,6,8-9H2. The number of alkyl halides is 3. The third-order valence-corrected chi connectivity index (χ3v) is 6.02. The highest BCUT2D eigenvalue weighted by Crippen LogP contribution is 2.33. The van der Waals surface area contributed by atoms with Crippen LogP contribution >= 0.6 is 0 Å². The predicted octanol–water partition coefficient (Wildman–Crippen LogP) is 2.70. The summed E-state index contributed by atoms with van der Waals surface area (Å²) in [5.74, 6) is -1.86. The number of H-pyrrole nitrogens is 1. The molecule has 0 aromatic carbocycles. The molecule has 1 aliphatic rings. The van der Waals surface area contributed by atoms with Crippen molar-refractivity contribution >= 4 is 37.5 Å². The smallest absolute Gasteiger partial charge is 0.360 e. The Hall–Kier alpha value is -2.46. The molecule has 0 radical (unpaired) electrons. The average molecular weight is 382 g/mol. The number of aromatic nitrogens is 3. The van der Waals surface area contributed by atoms with Gasteiger partial charge in [0.05, 0.1) is 11.7 Å². The van der Waals surface area contributed by atoms with E-state index in [1.165, 1.54) is 0 Å². The van der Waals surface area contributed by atoms with Crippen LogP contribution in [0.25, 0.3) is 27.5 Å². The minimum Gasteiger partial charge on any atom is -0.360 e. The van der Waals surface area contributed by atoms with Crippen molar-refractivity contribution in [3.05, 3.63) is 42.4 Å². The van der Waals surface area contributed by atoms with E-state index < -0.39 is 22.0 Å². The van der Waals surface area contributed by atoms with E-state index >= 15 is 0 Å². The largest absolute Gasteiger partial charge is 0.404 e. The van der Waals surface area contributed by atoms with Gasteiger partial charge in [-0.3, -0.25) is 0 Å². The van der Waals surface area contributed by atoms with Crippen LogP contribution in [0.2, 0.25) is 0 Å². The van der Waals surface area contributed by atoms with Gasteiger partial charge in [0.1, 0.15) is 0 Å². The highest BCUT2D eigenvalue weighted by Gasteiger charge is 2.39. The first kappa shape index (κ1) is 17.0. The fourth-order valence-electron chi connectivity index (χ4n) is 3.16. The molecule has 0 spiro atoms. The lowest BCUT2D eigenvalue weighted by molar-refractivity contribution is -0.106. The summed E-state index contributed by atoms with van der Waals surface area (Å²) in [6.45, 7) is -0.184. The lowest BCUT2D eigenvalue weighted by Gasteiger charge is -2.18. The van der Waals surface area contributed by atoms with Crippen LogP contribution in [0.15, 0.2) is 36.8 Å². The lowest BCUT2D eigenvalue weighted by Crippen LogP contribution is -2.36. The van der Waals surface area contributed by atoms with Crippen molar-refractivity contribution in [2.24, 2.45) is 0 Å². The van der Waals surface area contributed by atoms with E-state index in [1.54, 1.807) is 36.8 Å². The summed E-state index contributed by atoms with van der Waals surface area (Å²) in [6, 6.07) is 3.58. The van der Waals surface area contributed by atoms with Crippen LogP contribution < -0.4 is 0 Å². The number of halogens is 3. The van der Waals surface area contributed by atoms with Gasteiger partial charge in [0.2, 0.25) is 10.0 Å². The van der Waals surface area contributed by atoms with Crippen LogP contribution in [0.1, 0.15) is 5.56 Å². The van der Waals surface area contributed by atoms with Crippen molar-refractivity contribution < 1.29 is 21.6 Å². The summed E-state index contributed by atoms with van der Waals surface area (Å²) < 4.78 is 62.5. The van der Waals surface area contributed by atoms with Crippen molar-refractivity contribution in [1.82, 2.24) is 19.3 Å². The normalized spacial score (nSPS) is 16.5. The lowest BCUT2D eigenvalue weighted by atomic mass is 10.0. The average Bonchev–Trinajstić information content (AvgIpc) is 3.21. The number of fused-ring (bicyclic) bond motifs is 3. The molecular weight excluding hydrogens is 369 g/mol. The van der Waals surface area contributed by atoms with Crippen LogP contribution in [0.5, 0.6) is 0 Å². The summed E-state index contributed by atoms with van der Waals surface area (Å²) >= 11 is 0. The number of hydrogen-bond acceptors (Lipinski definition) is 4. The molecule has 4 heterocycles. The van der Waals surface area contributed by atoms with Gasteiger partial charge in [0.15, 0.2) is 11.4 Å². The van der Waals surface area contributed by atoms with Crippen LogP contribution in [0.4, 0.5) is 13.2 Å². The van der Waals surface area contributed by atoms with Crippen molar-refractivity contribution in [2.75, 3.05) is 18.8 Å². The van der Waals surface area contributed by atoms with Gasteiger partial charge in [-0.2, -0.15) is 17.5 Å². The van der Waals surface area contributed by atoms with E-state index in [-0.39, 0.29) is 13.1 Å². The molecule has 3 aromatic rings. The van der Waals surface area contributed by atoms with Crippen molar-refractivity contribution in [3.63, 3.8) is 0 Å². The maximum Gasteiger partial charge on any atom is 0.404 e. The first-order valence-electron chi connectivity index (χ1n) is 7.69. The molecule has 3 aromatic heterocycles. The Morgan fingerprint density at radius 3 is 2.81 bits per heavy atom. The molecule has 6 nitrogen and oxygen atoms in total. The number of pyridine rings is 2. The van der Waals surface area contributed by atoms with Crippen molar-refractivity contribution in [1.29, 1.82) is 0 Å². The van der Waals surface area contributed by atoms with Gasteiger partial charge in [-0.1, -0.05) is 6.08 Å². The molecule has 0 aliphatic carbocycles. The van der Waals surface area contributed by atoms with E-state index in [4.69, 9.17) is 0 Å². The van der Waals surface area contributed by atoms with Gasteiger partial charge in [-0.05, 0) is 23.3 Å². The SMILES string of the molecule is O=S(=O)(CC(F)(F)F)N1CC=C(c2cc[nH]c3cnc4nccc4c23)C1. The third kappa shape index (κ3) is 2.95. The first-order chi connectivity index (χ1) is 12.2. The maximum absolute atomic E-state index is 12.5. The summed E-state index contributed by atoms with van der Waals surface area (Å²) in [5.41, 5.74) is 2.70. The Morgan fingerprint density at radius 1 is 1.23 bits per heavy atom. The fraction of sp³-hybridized carbons (Fsp3) is 0.250. The molecular formula is C16H13F3N4O2S. The van der Waals surface area contributed by atoms with Crippen LogP contribution in [-0.4, -0.2) is 52.7 Å². The molecule has 0 amide bonds. The maximum atomic E-state index is 12.5. The summed E-state index contributed by atoms with van der Waals surface area (Å²) in [6.07, 6.45) is 1.81. The molecule has 0 bridgehead atoms. The molecule has 0 saturated carbocycles. The van der Waals surface area contributed by atoms with E-state index in [1.807, 2.05) is 0 Å². The van der Waals surface area contributed by atoms with E-state index in [0.29, 0.717) is 11.2 Å². The number of nitrogens with zero attached hydrogens (tertiary/aromatic N) is 3. The van der Waals surface area contributed by atoms with Crippen LogP contribution in [0, 0.1) is 0 Å². The van der Waals surface area contributed by atoms with Gasteiger partial charge in [-0.25, -0.2) is 18.4 Å². The second kappa shape index (κ2) is 5.78. The molecule has 1 aliphatic heterocycles. The molecule has 136 valence electrons. The molecule has 1 N–H and O–H groups in total. The van der Waals surface area contributed by atoms with Crippen molar-refractivity contribution in [3.8, 4) is 0 Å². The van der Waals surface area contributed by atoms with Crippen LogP contribution in [-0.2, 0) is 10.0 Å². The summed E-state index contributed by atoms with van der Waals surface area (Å²) in [7, 11) is -4.42. The number of sulfonamides is 1. The highest BCUT2D eigenvalue weighted by molar-refractivity contribution is 7.89. The van der Waals surface area contributed by atoms with Gasteiger partial charge >= 0.3 is 6.18 Å². The van der Waals surface area contributed by atoms with Gasteiger partial charge in [-0.15, -0.1) is 0 Å². The van der Waals surface area contributed by atoms with E-state index in [0.717, 1.165) is 26.2 Å². The molecule has 26 heavy (non-hydrogen) atoms. The molecule has 0 unspecified atom stereocenters. The van der Waals surface area contributed by atoms with Gasteiger partial charge in [0, 0.05) is 36.3 Å².